The highest BCUT2D eigenvalue weighted by molar-refractivity contribution is 5.84. The number of amides is 1. The number of hydrogen-bond donors (Lipinski definition) is 2. The number of nitrogens with one attached hydrogen (secondary N) is 2. The molecular weight excluding hydrogens is 290 g/mol. The van der Waals surface area contributed by atoms with E-state index in [1.165, 1.54) is 5.69 Å². The van der Waals surface area contributed by atoms with E-state index in [0.717, 1.165) is 24.3 Å². The first kappa shape index (κ1) is 17.1. The molecule has 0 aliphatic carbocycles. The van der Waals surface area contributed by atoms with Crippen LogP contribution >= 0.6 is 0 Å². The van der Waals surface area contributed by atoms with Gasteiger partial charge in [0.2, 0.25) is 0 Å². The molecule has 5 heteroatoms. The fourth-order valence-electron chi connectivity index (χ4n) is 2.14. The van der Waals surface area contributed by atoms with Gasteiger partial charge in [-0.1, -0.05) is 12.1 Å². The fraction of sp³-hybridized carbons (Fsp3) is 0.389. The molecule has 0 saturated heterocycles. The van der Waals surface area contributed by atoms with Gasteiger partial charge in [0.1, 0.15) is 5.60 Å². The lowest BCUT2D eigenvalue weighted by molar-refractivity contribution is 0.0636. The Bertz CT molecular complexity index is 639. The van der Waals surface area contributed by atoms with Crippen LogP contribution in [0.3, 0.4) is 0 Å². The average molecular weight is 315 g/mol. The quantitative estimate of drug-likeness (QED) is 0.885. The van der Waals surface area contributed by atoms with Crippen LogP contribution in [0, 0.1) is 0 Å². The van der Waals surface area contributed by atoms with Crippen molar-refractivity contribution in [2.45, 2.75) is 39.5 Å². The van der Waals surface area contributed by atoms with Gasteiger partial charge in [-0.25, -0.2) is 4.79 Å². The summed E-state index contributed by atoms with van der Waals surface area (Å²) in [5, 5.41) is 6.13. The van der Waals surface area contributed by atoms with Crippen molar-refractivity contribution in [2.75, 3.05) is 5.32 Å². The standard InChI is InChI=1S/C18H25N3O2/c1-18(2,3)23-17(22)20-15-9-7-14(8-10-15)12-19-13-16-6-5-11-21(16)4/h5-11,19H,12-13H2,1-4H3,(H,20,22). The van der Waals surface area contributed by atoms with E-state index >= 15 is 0 Å². The van der Waals surface area contributed by atoms with Crippen molar-refractivity contribution in [1.82, 2.24) is 9.88 Å². The molecule has 0 spiro atoms. The van der Waals surface area contributed by atoms with E-state index in [9.17, 15) is 4.79 Å². The molecule has 23 heavy (non-hydrogen) atoms. The molecule has 124 valence electrons. The van der Waals surface area contributed by atoms with E-state index in [2.05, 4.69) is 21.3 Å². The first-order valence-electron chi connectivity index (χ1n) is 7.73. The predicted molar refractivity (Wildman–Crippen MR) is 92.3 cm³/mol. The van der Waals surface area contributed by atoms with Crippen molar-refractivity contribution in [3.63, 3.8) is 0 Å². The van der Waals surface area contributed by atoms with E-state index < -0.39 is 11.7 Å². The second-order valence-corrected chi connectivity index (χ2v) is 6.54. The van der Waals surface area contributed by atoms with Crippen molar-refractivity contribution in [3.8, 4) is 0 Å². The number of ether oxygens (including phenoxy) is 1. The molecule has 2 N–H and O–H groups in total. The predicted octanol–water partition coefficient (Wildman–Crippen LogP) is 3.66. The lowest BCUT2D eigenvalue weighted by Gasteiger charge is -2.19. The third-order valence-corrected chi connectivity index (χ3v) is 3.29. The Morgan fingerprint density at radius 2 is 1.83 bits per heavy atom. The number of nitrogens with zero attached hydrogens (tertiary/aromatic N) is 1. The molecule has 1 heterocycles. The maximum Gasteiger partial charge on any atom is 0.412 e. The van der Waals surface area contributed by atoms with Gasteiger partial charge in [-0.15, -0.1) is 0 Å². The number of aryl methyl sites for hydroxylation is 1. The Morgan fingerprint density at radius 3 is 2.39 bits per heavy atom. The zero-order valence-corrected chi connectivity index (χ0v) is 14.2. The monoisotopic (exact) mass is 315 g/mol. The maximum atomic E-state index is 11.7. The van der Waals surface area contributed by atoms with Gasteiger partial charge in [0.05, 0.1) is 0 Å². The Labute approximate surface area is 137 Å². The molecule has 2 rings (SSSR count). The molecule has 5 nitrogen and oxygen atoms in total. The lowest BCUT2D eigenvalue weighted by atomic mass is 10.2. The molecule has 0 saturated carbocycles. The fourth-order valence-corrected chi connectivity index (χ4v) is 2.14. The Kier molecular flexibility index (Phi) is 5.45. The third kappa shape index (κ3) is 5.79. The Hall–Kier alpha value is -2.27. The van der Waals surface area contributed by atoms with E-state index in [4.69, 9.17) is 4.74 Å². The average Bonchev–Trinajstić information content (AvgIpc) is 2.84. The summed E-state index contributed by atoms with van der Waals surface area (Å²) >= 11 is 0. The van der Waals surface area contributed by atoms with Gasteiger partial charge in [-0.2, -0.15) is 0 Å². The van der Waals surface area contributed by atoms with Crippen molar-refractivity contribution >= 4 is 11.8 Å². The molecular formula is C18H25N3O2. The molecule has 0 fully saturated rings. The highest BCUT2D eigenvalue weighted by Gasteiger charge is 2.15. The highest BCUT2D eigenvalue weighted by Crippen LogP contribution is 2.13. The summed E-state index contributed by atoms with van der Waals surface area (Å²) in [5.74, 6) is 0. The normalized spacial score (nSPS) is 11.3. The van der Waals surface area contributed by atoms with Crippen LogP contribution in [0.5, 0.6) is 0 Å². The van der Waals surface area contributed by atoms with Gasteiger partial charge in [-0.05, 0) is 50.6 Å². The van der Waals surface area contributed by atoms with Crippen LogP contribution in [-0.2, 0) is 24.9 Å². The highest BCUT2D eigenvalue weighted by atomic mass is 16.6. The number of rotatable bonds is 5. The van der Waals surface area contributed by atoms with Gasteiger partial charge in [0.25, 0.3) is 0 Å². The van der Waals surface area contributed by atoms with Crippen molar-refractivity contribution < 1.29 is 9.53 Å². The number of aromatic nitrogens is 1. The first-order valence-corrected chi connectivity index (χ1v) is 7.73. The van der Waals surface area contributed by atoms with Crippen molar-refractivity contribution in [2.24, 2.45) is 7.05 Å². The number of anilines is 1. The Morgan fingerprint density at radius 1 is 1.13 bits per heavy atom. The summed E-state index contributed by atoms with van der Waals surface area (Å²) < 4.78 is 7.32. The zero-order valence-electron chi connectivity index (χ0n) is 14.2. The maximum absolute atomic E-state index is 11.7. The summed E-state index contributed by atoms with van der Waals surface area (Å²) in [6.07, 6.45) is 1.60. The van der Waals surface area contributed by atoms with Crippen LogP contribution in [0.2, 0.25) is 0 Å². The van der Waals surface area contributed by atoms with Gasteiger partial charge in [-0.3, -0.25) is 5.32 Å². The summed E-state index contributed by atoms with van der Waals surface area (Å²) in [7, 11) is 2.04. The van der Waals surface area contributed by atoms with Crippen LogP contribution in [0.1, 0.15) is 32.0 Å². The molecule has 0 radical (unpaired) electrons. The lowest BCUT2D eigenvalue weighted by Crippen LogP contribution is -2.27. The van der Waals surface area contributed by atoms with Crippen LogP contribution < -0.4 is 10.6 Å². The molecule has 1 aromatic carbocycles. The molecule has 0 bridgehead atoms. The minimum absolute atomic E-state index is 0.438. The molecule has 2 aromatic rings. The minimum atomic E-state index is -0.495. The van der Waals surface area contributed by atoms with Crippen LogP contribution in [0.15, 0.2) is 42.6 Å². The van der Waals surface area contributed by atoms with Crippen LogP contribution in [0.25, 0.3) is 0 Å². The molecule has 0 aliphatic rings. The molecule has 1 amide bonds. The van der Waals surface area contributed by atoms with Crippen molar-refractivity contribution in [1.29, 1.82) is 0 Å². The SMILES string of the molecule is Cn1cccc1CNCc1ccc(NC(=O)OC(C)(C)C)cc1. The Balaban J connectivity index is 1.80. The second kappa shape index (κ2) is 7.33. The van der Waals surface area contributed by atoms with E-state index in [1.54, 1.807) is 0 Å². The van der Waals surface area contributed by atoms with Crippen LogP contribution in [-0.4, -0.2) is 16.3 Å². The summed E-state index contributed by atoms with van der Waals surface area (Å²) in [5.41, 5.74) is 2.64. The largest absolute Gasteiger partial charge is 0.444 e. The number of hydrogen-bond acceptors (Lipinski definition) is 3. The topological polar surface area (TPSA) is 55.3 Å². The van der Waals surface area contributed by atoms with E-state index in [1.807, 2.05) is 64.3 Å². The first-order chi connectivity index (χ1) is 10.8. The molecule has 1 aromatic heterocycles. The third-order valence-electron chi connectivity index (χ3n) is 3.29. The van der Waals surface area contributed by atoms with Gasteiger partial charge >= 0.3 is 6.09 Å². The second-order valence-electron chi connectivity index (χ2n) is 6.54. The van der Waals surface area contributed by atoms with Gasteiger partial charge in [0.15, 0.2) is 0 Å². The smallest absolute Gasteiger partial charge is 0.412 e. The number of carbonyl (C=O) groups excluding carboxylic acids is 1. The van der Waals surface area contributed by atoms with E-state index in [0.29, 0.717) is 0 Å². The summed E-state index contributed by atoms with van der Waals surface area (Å²) in [4.78, 5) is 11.7. The summed E-state index contributed by atoms with van der Waals surface area (Å²) in [6.45, 7) is 7.12. The number of carbonyl (C=O) groups is 1. The van der Waals surface area contributed by atoms with E-state index in [-0.39, 0.29) is 0 Å². The molecule has 0 atom stereocenters. The van der Waals surface area contributed by atoms with Gasteiger partial charge in [0, 0.05) is 37.7 Å². The molecule has 0 unspecified atom stereocenters. The summed E-state index contributed by atoms with van der Waals surface area (Å²) in [6, 6.07) is 11.9. The van der Waals surface area contributed by atoms with Gasteiger partial charge < -0.3 is 14.6 Å². The van der Waals surface area contributed by atoms with Crippen molar-refractivity contribution in [3.05, 3.63) is 53.9 Å². The minimum Gasteiger partial charge on any atom is -0.444 e. The molecule has 0 aliphatic heterocycles. The zero-order chi connectivity index (χ0) is 16.9. The number of benzene rings is 1. The van der Waals surface area contributed by atoms with Crippen LogP contribution in [0.4, 0.5) is 10.5 Å².